The van der Waals surface area contributed by atoms with Crippen molar-refractivity contribution in [2.75, 3.05) is 14.1 Å². The maximum Gasteiger partial charge on any atom is 0.0846 e. The van der Waals surface area contributed by atoms with E-state index in [1.54, 1.807) is 7.05 Å². The molecule has 0 saturated heterocycles. The van der Waals surface area contributed by atoms with Gasteiger partial charge in [-0.25, -0.2) is 0 Å². The van der Waals surface area contributed by atoms with Crippen molar-refractivity contribution in [2.24, 2.45) is 4.99 Å². The second-order valence-corrected chi connectivity index (χ2v) is 2.30. The van der Waals surface area contributed by atoms with Crippen LogP contribution < -0.4 is 0 Å². The average Bonchev–Trinajstić information content (AvgIpc) is 1.87. The zero-order chi connectivity index (χ0) is 7.28. The fourth-order valence-electron chi connectivity index (χ4n) is 0.584. The molecule has 0 amide bonds. The third-order valence-electron chi connectivity index (χ3n) is 1.58. The Kier molecular flexibility index (Phi) is 4.10. The SMILES string of the molecule is CCC(C)N(C)C=NC. The number of rotatable bonds is 3. The maximum atomic E-state index is 3.91. The van der Waals surface area contributed by atoms with Gasteiger partial charge in [-0.2, -0.15) is 0 Å². The normalized spacial score (nSPS) is 14.2. The Morgan fingerprint density at radius 3 is 2.56 bits per heavy atom. The number of aliphatic imine (C=N–C) groups is 1. The van der Waals surface area contributed by atoms with Crippen LogP contribution in [0, 0.1) is 0 Å². The molecule has 0 aromatic heterocycles. The van der Waals surface area contributed by atoms with Crippen LogP contribution in [0.25, 0.3) is 0 Å². The summed E-state index contributed by atoms with van der Waals surface area (Å²) in [6.07, 6.45) is 3.02. The molecule has 2 nitrogen and oxygen atoms in total. The maximum absolute atomic E-state index is 3.91. The average molecular weight is 128 g/mol. The van der Waals surface area contributed by atoms with Crippen LogP contribution in [0.1, 0.15) is 20.3 Å². The zero-order valence-electron chi connectivity index (χ0n) is 6.76. The van der Waals surface area contributed by atoms with Crippen molar-refractivity contribution in [1.29, 1.82) is 0 Å². The summed E-state index contributed by atoms with van der Waals surface area (Å²) in [5.41, 5.74) is 0. The molecule has 0 aliphatic heterocycles. The Morgan fingerprint density at radius 1 is 1.67 bits per heavy atom. The predicted octanol–water partition coefficient (Wildman–Crippen LogP) is 1.37. The Balaban J connectivity index is 3.58. The molecule has 0 radical (unpaired) electrons. The summed E-state index contributed by atoms with van der Waals surface area (Å²) >= 11 is 0. The lowest BCUT2D eigenvalue weighted by Gasteiger charge is -2.19. The highest BCUT2D eigenvalue weighted by molar-refractivity contribution is 5.54. The summed E-state index contributed by atoms with van der Waals surface area (Å²) < 4.78 is 0. The van der Waals surface area contributed by atoms with Crippen molar-refractivity contribution < 1.29 is 0 Å². The minimum Gasteiger partial charge on any atom is -0.363 e. The number of hydrogen-bond acceptors (Lipinski definition) is 1. The lowest BCUT2D eigenvalue weighted by molar-refractivity contribution is 0.390. The van der Waals surface area contributed by atoms with Gasteiger partial charge in [-0.3, -0.25) is 4.99 Å². The van der Waals surface area contributed by atoms with Gasteiger partial charge < -0.3 is 4.90 Å². The van der Waals surface area contributed by atoms with E-state index in [2.05, 4.69) is 23.7 Å². The van der Waals surface area contributed by atoms with Gasteiger partial charge in [-0.15, -0.1) is 0 Å². The number of nitrogens with zero attached hydrogens (tertiary/aromatic N) is 2. The molecule has 1 atom stereocenters. The topological polar surface area (TPSA) is 15.6 Å². The second kappa shape index (κ2) is 4.36. The molecular weight excluding hydrogens is 112 g/mol. The van der Waals surface area contributed by atoms with E-state index in [4.69, 9.17) is 0 Å². The molecule has 54 valence electrons. The molecule has 1 unspecified atom stereocenters. The summed E-state index contributed by atoms with van der Waals surface area (Å²) in [7, 11) is 3.83. The van der Waals surface area contributed by atoms with E-state index in [0.29, 0.717) is 6.04 Å². The van der Waals surface area contributed by atoms with Crippen LogP contribution >= 0.6 is 0 Å². The first-order valence-corrected chi connectivity index (χ1v) is 3.36. The van der Waals surface area contributed by atoms with Crippen molar-refractivity contribution >= 4 is 6.34 Å². The fraction of sp³-hybridized carbons (Fsp3) is 0.857. The van der Waals surface area contributed by atoms with E-state index in [0.717, 1.165) is 0 Å². The number of hydrogen-bond donors (Lipinski definition) is 0. The highest BCUT2D eigenvalue weighted by Gasteiger charge is 1.99. The first kappa shape index (κ1) is 8.47. The van der Waals surface area contributed by atoms with Crippen LogP contribution in [0.2, 0.25) is 0 Å². The molecule has 0 aromatic carbocycles. The standard InChI is InChI=1S/C7H16N2/c1-5-7(2)9(4)6-8-3/h6-7H,5H2,1-4H3. The first-order chi connectivity index (χ1) is 4.22. The van der Waals surface area contributed by atoms with Crippen LogP contribution in [0.3, 0.4) is 0 Å². The molecule has 0 fully saturated rings. The largest absolute Gasteiger partial charge is 0.363 e. The van der Waals surface area contributed by atoms with Gasteiger partial charge in [0.05, 0.1) is 6.34 Å². The van der Waals surface area contributed by atoms with Gasteiger partial charge in [0.1, 0.15) is 0 Å². The van der Waals surface area contributed by atoms with E-state index in [-0.39, 0.29) is 0 Å². The molecule has 9 heavy (non-hydrogen) atoms. The van der Waals surface area contributed by atoms with Gasteiger partial charge in [0.25, 0.3) is 0 Å². The van der Waals surface area contributed by atoms with Crippen LogP contribution in [-0.2, 0) is 0 Å². The van der Waals surface area contributed by atoms with E-state index >= 15 is 0 Å². The minimum absolute atomic E-state index is 0.605. The molecule has 0 rings (SSSR count). The van der Waals surface area contributed by atoms with Crippen molar-refractivity contribution in [3.8, 4) is 0 Å². The highest BCUT2D eigenvalue weighted by Crippen LogP contribution is 1.95. The smallest absolute Gasteiger partial charge is 0.0846 e. The van der Waals surface area contributed by atoms with E-state index in [9.17, 15) is 0 Å². The first-order valence-electron chi connectivity index (χ1n) is 3.36. The lowest BCUT2D eigenvalue weighted by atomic mass is 10.2. The summed E-state index contributed by atoms with van der Waals surface area (Å²) in [5.74, 6) is 0. The van der Waals surface area contributed by atoms with Crippen molar-refractivity contribution in [2.45, 2.75) is 26.3 Å². The summed E-state index contributed by atoms with van der Waals surface area (Å²) in [6.45, 7) is 4.35. The van der Waals surface area contributed by atoms with E-state index in [1.807, 2.05) is 13.4 Å². The molecule has 0 spiro atoms. The zero-order valence-corrected chi connectivity index (χ0v) is 6.76. The molecular formula is C7H16N2. The second-order valence-electron chi connectivity index (χ2n) is 2.30. The Bertz CT molecular complexity index is 88.9. The molecule has 0 N–H and O–H groups in total. The van der Waals surface area contributed by atoms with Crippen molar-refractivity contribution in [1.82, 2.24) is 4.90 Å². The minimum atomic E-state index is 0.605. The summed E-state index contributed by atoms with van der Waals surface area (Å²) in [5, 5.41) is 0. The summed E-state index contributed by atoms with van der Waals surface area (Å²) in [6, 6.07) is 0.605. The third-order valence-corrected chi connectivity index (χ3v) is 1.58. The quantitative estimate of drug-likeness (QED) is 0.414. The lowest BCUT2D eigenvalue weighted by Crippen LogP contribution is -2.26. The fourth-order valence-corrected chi connectivity index (χ4v) is 0.584. The van der Waals surface area contributed by atoms with Gasteiger partial charge in [0.15, 0.2) is 0 Å². The van der Waals surface area contributed by atoms with Gasteiger partial charge in [0.2, 0.25) is 0 Å². The Hall–Kier alpha value is -0.530. The van der Waals surface area contributed by atoms with Crippen LogP contribution in [0.5, 0.6) is 0 Å². The van der Waals surface area contributed by atoms with Gasteiger partial charge in [0, 0.05) is 20.1 Å². The van der Waals surface area contributed by atoms with Crippen LogP contribution in [0.15, 0.2) is 4.99 Å². The van der Waals surface area contributed by atoms with Gasteiger partial charge in [-0.05, 0) is 13.3 Å². The third kappa shape index (κ3) is 3.12. The van der Waals surface area contributed by atoms with E-state index < -0.39 is 0 Å². The molecule has 2 heteroatoms. The highest BCUT2D eigenvalue weighted by atomic mass is 15.1. The van der Waals surface area contributed by atoms with Crippen LogP contribution in [-0.4, -0.2) is 31.4 Å². The summed E-state index contributed by atoms with van der Waals surface area (Å²) in [4.78, 5) is 6.02. The predicted molar refractivity (Wildman–Crippen MR) is 41.9 cm³/mol. The van der Waals surface area contributed by atoms with Crippen LogP contribution in [0.4, 0.5) is 0 Å². The molecule has 0 aromatic rings. The molecule has 0 aliphatic carbocycles. The Labute approximate surface area is 57.6 Å². The van der Waals surface area contributed by atoms with E-state index in [1.165, 1.54) is 6.42 Å². The Morgan fingerprint density at radius 2 is 2.22 bits per heavy atom. The van der Waals surface area contributed by atoms with Crippen molar-refractivity contribution in [3.05, 3.63) is 0 Å². The molecule has 0 bridgehead atoms. The molecule has 0 saturated carbocycles. The molecule has 0 heterocycles. The molecule has 0 aliphatic rings. The van der Waals surface area contributed by atoms with Crippen molar-refractivity contribution in [3.63, 3.8) is 0 Å². The van der Waals surface area contributed by atoms with Gasteiger partial charge in [-0.1, -0.05) is 6.92 Å². The monoisotopic (exact) mass is 128 g/mol. The van der Waals surface area contributed by atoms with Gasteiger partial charge >= 0.3 is 0 Å².